The molecular weight excluding hydrogens is 172 g/mol. The van der Waals surface area contributed by atoms with Gasteiger partial charge in [0.2, 0.25) is 0 Å². The maximum Gasteiger partial charge on any atom is 0.195 e. The normalized spacial score (nSPS) is 10.5. The molecule has 1 heterocycles. The maximum atomic E-state index is 2.16. The first-order valence-electron chi connectivity index (χ1n) is 4.80. The van der Waals surface area contributed by atoms with Crippen LogP contribution in [0.5, 0.6) is 0 Å². The van der Waals surface area contributed by atoms with Crippen molar-refractivity contribution in [2.75, 3.05) is 0 Å². The van der Waals surface area contributed by atoms with Gasteiger partial charge in [-0.15, -0.1) is 9.36 Å². The molecule has 2 aromatic rings. The number of hydrogen-bond donors (Lipinski definition) is 0. The second-order valence-electron chi connectivity index (χ2n) is 3.63. The van der Waals surface area contributed by atoms with E-state index in [0.29, 0.717) is 0 Å². The smallest absolute Gasteiger partial charge is 0.128 e. The van der Waals surface area contributed by atoms with Crippen LogP contribution in [0, 0.1) is 13.8 Å². The van der Waals surface area contributed by atoms with Gasteiger partial charge in [-0.05, 0) is 31.0 Å². The van der Waals surface area contributed by atoms with Crippen LogP contribution in [0.15, 0.2) is 36.7 Å². The Labute approximate surface area is 84.4 Å². The maximum absolute atomic E-state index is 2.16. The van der Waals surface area contributed by atoms with Crippen molar-refractivity contribution in [3.8, 4) is 5.69 Å². The topological polar surface area (TPSA) is 8.81 Å². The summed E-state index contributed by atoms with van der Waals surface area (Å²) in [7, 11) is 2.04. The lowest BCUT2D eigenvalue weighted by atomic mass is 10.1. The van der Waals surface area contributed by atoms with Crippen molar-refractivity contribution < 1.29 is 4.68 Å². The number of hydrogen-bond acceptors (Lipinski definition) is 0. The molecule has 0 fully saturated rings. The molecule has 0 atom stereocenters. The molecule has 2 rings (SSSR count). The van der Waals surface area contributed by atoms with Crippen LogP contribution >= 0.6 is 0 Å². The Hall–Kier alpha value is -1.57. The quantitative estimate of drug-likeness (QED) is 0.603. The van der Waals surface area contributed by atoms with E-state index < -0.39 is 0 Å². The lowest BCUT2D eigenvalue weighted by Gasteiger charge is -2.06. The van der Waals surface area contributed by atoms with Crippen molar-refractivity contribution in [1.29, 1.82) is 0 Å². The van der Waals surface area contributed by atoms with Crippen molar-refractivity contribution in [3.05, 3.63) is 47.8 Å². The van der Waals surface area contributed by atoms with E-state index in [-0.39, 0.29) is 0 Å². The minimum Gasteiger partial charge on any atom is -0.128 e. The third-order valence-corrected chi connectivity index (χ3v) is 2.69. The van der Waals surface area contributed by atoms with Crippen molar-refractivity contribution in [1.82, 2.24) is 4.68 Å². The highest BCUT2D eigenvalue weighted by molar-refractivity contribution is 5.43. The Morgan fingerprint density at radius 3 is 2.57 bits per heavy atom. The van der Waals surface area contributed by atoms with E-state index in [0.717, 1.165) is 0 Å². The molecule has 0 aliphatic heterocycles. The molecular formula is C12H15N2+. The summed E-state index contributed by atoms with van der Waals surface area (Å²) in [5.41, 5.74) is 3.91. The third-order valence-electron chi connectivity index (χ3n) is 2.69. The third kappa shape index (κ3) is 1.33. The monoisotopic (exact) mass is 187 g/mol. The van der Waals surface area contributed by atoms with E-state index in [9.17, 15) is 0 Å². The Bertz CT molecular complexity index is 455. The lowest BCUT2D eigenvalue weighted by molar-refractivity contribution is -0.744. The second kappa shape index (κ2) is 3.29. The molecule has 0 aliphatic rings. The van der Waals surface area contributed by atoms with E-state index in [1.165, 1.54) is 16.8 Å². The zero-order valence-electron chi connectivity index (χ0n) is 8.86. The van der Waals surface area contributed by atoms with Crippen LogP contribution in [0.4, 0.5) is 0 Å². The van der Waals surface area contributed by atoms with Gasteiger partial charge in [0.15, 0.2) is 13.2 Å². The Kier molecular flexibility index (Phi) is 2.12. The van der Waals surface area contributed by atoms with Gasteiger partial charge >= 0.3 is 0 Å². The molecule has 1 aromatic heterocycles. The summed E-state index contributed by atoms with van der Waals surface area (Å²) >= 11 is 0. The zero-order valence-corrected chi connectivity index (χ0v) is 8.86. The fraction of sp³-hybridized carbons (Fsp3) is 0.250. The van der Waals surface area contributed by atoms with Crippen LogP contribution in [-0.4, -0.2) is 4.68 Å². The van der Waals surface area contributed by atoms with E-state index in [1.807, 2.05) is 19.3 Å². The molecule has 0 N–H and O–H groups in total. The van der Waals surface area contributed by atoms with Crippen LogP contribution < -0.4 is 4.68 Å². The Balaban J connectivity index is 2.63. The number of aryl methyl sites for hydroxylation is 2. The SMILES string of the molecule is Cc1cccc(-n2ccc[n+]2C)c1C. The fourth-order valence-electron chi connectivity index (χ4n) is 1.66. The molecule has 0 amide bonds. The van der Waals surface area contributed by atoms with Crippen molar-refractivity contribution in [2.45, 2.75) is 13.8 Å². The average Bonchev–Trinajstić information content (AvgIpc) is 2.57. The minimum absolute atomic E-state index is 1.25. The van der Waals surface area contributed by atoms with Gasteiger partial charge in [-0.25, -0.2) is 0 Å². The van der Waals surface area contributed by atoms with Gasteiger partial charge in [-0.3, -0.25) is 0 Å². The summed E-state index contributed by atoms with van der Waals surface area (Å²) in [5, 5.41) is 0. The largest absolute Gasteiger partial charge is 0.195 e. The van der Waals surface area contributed by atoms with Gasteiger partial charge < -0.3 is 0 Å². The lowest BCUT2D eigenvalue weighted by Crippen LogP contribution is -2.37. The van der Waals surface area contributed by atoms with Crippen LogP contribution in [-0.2, 0) is 7.05 Å². The van der Waals surface area contributed by atoms with Gasteiger partial charge in [0.05, 0.1) is 6.20 Å². The summed E-state index contributed by atoms with van der Waals surface area (Å²) in [5.74, 6) is 0. The van der Waals surface area contributed by atoms with Gasteiger partial charge in [-0.2, -0.15) is 0 Å². The Morgan fingerprint density at radius 2 is 1.93 bits per heavy atom. The number of rotatable bonds is 1. The van der Waals surface area contributed by atoms with Gasteiger partial charge in [0, 0.05) is 6.07 Å². The zero-order chi connectivity index (χ0) is 10.1. The van der Waals surface area contributed by atoms with Crippen LogP contribution in [0.3, 0.4) is 0 Å². The predicted molar refractivity (Wildman–Crippen MR) is 56.4 cm³/mol. The molecule has 14 heavy (non-hydrogen) atoms. The second-order valence-corrected chi connectivity index (χ2v) is 3.63. The van der Waals surface area contributed by atoms with Crippen molar-refractivity contribution in [3.63, 3.8) is 0 Å². The highest BCUT2D eigenvalue weighted by atomic mass is 15.4. The molecule has 0 bridgehead atoms. The first-order valence-corrected chi connectivity index (χ1v) is 4.80. The number of benzene rings is 1. The molecule has 0 saturated carbocycles. The van der Waals surface area contributed by atoms with Gasteiger partial charge in [0.25, 0.3) is 0 Å². The molecule has 2 heteroatoms. The highest BCUT2D eigenvalue weighted by Gasteiger charge is 2.08. The van der Waals surface area contributed by atoms with Crippen molar-refractivity contribution >= 4 is 0 Å². The molecule has 2 nitrogen and oxygen atoms in total. The van der Waals surface area contributed by atoms with Gasteiger partial charge in [-0.1, -0.05) is 12.1 Å². The highest BCUT2D eigenvalue weighted by Crippen LogP contribution is 2.15. The first-order chi connectivity index (χ1) is 6.70. The van der Waals surface area contributed by atoms with Crippen LogP contribution in [0.1, 0.15) is 11.1 Å². The molecule has 0 saturated heterocycles. The van der Waals surface area contributed by atoms with E-state index in [1.54, 1.807) is 0 Å². The molecule has 1 aromatic carbocycles. The predicted octanol–water partition coefficient (Wildman–Crippen LogP) is 1.92. The summed E-state index contributed by atoms with van der Waals surface area (Å²) in [6.07, 6.45) is 4.11. The fourth-order valence-corrected chi connectivity index (χ4v) is 1.66. The van der Waals surface area contributed by atoms with Gasteiger partial charge in [0.1, 0.15) is 5.69 Å². The minimum atomic E-state index is 1.25. The Morgan fingerprint density at radius 1 is 1.14 bits per heavy atom. The van der Waals surface area contributed by atoms with Crippen molar-refractivity contribution in [2.24, 2.45) is 7.05 Å². The van der Waals surface area contributed by atoms with Crippen LogP contribution in [0.2, 0.25) is 0 Å². The van der Waals surface area contributed by atoms with E-state index >= 15 is 0 Å². The summed E-state index contributed by atoms with van der Waals surface area (Å²) in [4.78, 5) is 0. The summed E-state index contributed by atoms with van der Waals surface area (Å²) < 4.78 is 4.21. The number of nitrogens with zero attached hydrogens (tertiary/aromatic N) is 2. The molecule has 0 unspecified atom stereocenters. The molecule has 0 aliphatic carbocycles. The summed E-state index contributed by atoms with van der Waals surface area (Å²) in [6.45, 7) is 4.30. The number of aromatic nitrogens is 2. The average molecular weight is 187 g/mol. The van der Waals surface area contributed by atoms with Crippen LogP contribution in [0.25, 0.3) is 5.69 Å². The standard InChI is InChI=1S/C12H15N2/c1-10-6-4-7-12(11(10)2)14-9-5-8-13(14)3/h4-9H,1-3H3/q+1. The van der Waals surface area contributed by atoms with E-state index in [2.05, 4.69) is 47.6 Å². The first kappa shape index (κ1) is 9.00. The summed E-state index contributed by atoms with van der Waals surface area (Å²) in [6, 6.07) is 8.42. The molecule has 0 radical (unpaired) electrons. The molecule has 72 valence electrons. The van der Waals surface area contributed by atoms with E-state index in [4.69, 9.17) is 0 Å². The molecule has 0 spiro atoms.